The summed E-state index contributed by atoms with van der Waals surface area (Å²) in [4.78, 5) is 13.3. The summed E-state index contributed by atoms with van der Waals surface area (Å²) in [6.45, 7) is 0. The monoisotopic (exact) mass is 352 g/mol. The maximum atomic E-state index is 12.2. The summed E-state index contributed by atoms with van der Waals surface area (Å²) in [7, 11) is 0. The van der Waals surface area contributed by atoms with Crippen molar-refractivity contribution in [2.45, 2.75) is 4.90 Å². The predicted molar refractivity (Wildman–Crippen MR) is 93.3 cm³/mol. The van der Waals surface area contributed by atoms with Gasteiger partial charge in [-0.15, -0.1) is 23.1 Å². The van der Waals surface area contributed by atoms with Gasteiger partial charge in [-0.2, -0.15) is 0 Å². The van der Waals surface area contributed by atoms with E-state index in [0.717, 1.165) is 10.3 Å². The Morgan fingerprint density at radius 1 is 1.10 bits per heavy atom. The van der Waals surface area contributed by atoms with Crippen molar-refractivity contribution in [1.82, 2.24) is 0 Å². The Morgan fingerprint density at radius 3 is 2.62 bits per heavy atom. The lowest BCUT2D eigenvalue weighted by molar-refractivity contribution is 0.102. The van der Waals surface area contributed by atoms with E-state index >= 15 is 0 Å². The third-order valence-electron chi connectivity index (χ3n) is 3.07. The zero-order valence-corrected chi connectivity index (χ0v) is 14.0. The molecule has 0 aliphatic heterocycles. The van der Waals surface area contributed by atoms with Gasteiger partial charge in [-0.25, -0.2) is 0 Å². The summed E-state index contributed by atoms with van der Waals surface area (Å²) in [5.74, 6) is 0.349. The van der Waals surface area contributed by atoms with E-state index in [0.29, 0.717) is 20.0 Å². The molecule has 1 heterocycles. The molecule has 0 aliphatic rings. The zero-order valence-electron chi connectivity index (χ0n) is 10.8. The van der Waals surface area contributed by atoms with Crippen LogP contribution in [0.5, 0.6) is 0 Å². The number of carbonyl (C=O) groups excluding carboxylic acids is 1. The van der Waals surface area contributed by atoms with Gasteiger partial charge in [0.25, 0.3) is 0 Å². The minimum Gasteiger partial charge on any atom is -0.293 e. The molecule has 3 rings (SSSR count). The molecular formula is C16H10Cl2OS2. The Balaban J connectivity index is 1.81. The van der Waals surface area contributed by atoms with Gasteiger partial charge in [0.05, 0.1) is 10.1 Å². The highest BCUT2D eigenvalue weighted by molar-refractivity contribution is 8.00. The maximum absolute atomic E-state index is 12.2. The van der Waals surface area contributed by atoms with Gasteiger partial charge < -0.3 is 0 Å². The predicted octanol–water partition coefficient (Wildman–Crippen LogP) is 6.18. The summed E-state index contributed by atoms with van der Waals surface area (Å²) in [5.41, 5.74) is 0.513. The first-order valence-electron chi connectivity index (χ1n) is 6.24. The first-order chi connectivity index (χ1) is 10.1. The number of rotatable bonds is 4. The third kappa shape index (κ3) is 3.27. The molecule has 0 radical (unpaired) electrons. The number of ketones is 1. The number of Topliss-reactive ketones (excluding diaryl/α,β-unsaturated/α-hetero) is 1. The van der Waals surface area contributed by atoms with Crippen LogP contribution >= 0.6 is 46.3 Å². The molecule has 0 amide bonds. The topological polar surface area (TPSA) is 17.1 Å². The van der Waals surface area contributed by atoms with E-state index in [9.17, 15) is 4.79 Å². The molecule has 5 heteroatoms. The average molecular weight is 353 g/mol. The molecule has 1 nitrogen and oxygen atoms in total. The van der Waals surface area contributed by atoms with Crippen LogP contribution in [0, 0.1) is 0 Å². The van der Waals surface area contributed by atoms with Gasteiger partial charge in [0.2, 0.25) is 0 Å². The number of carbonyl (C=O) groups is 1. The second kappa shape index (κ2) is 6.41. The fraction of sp³-hybridized carbons (Fsp3) is 0.0625. The Hall–Kier alpha value is -1.000. The van der Waals surface area contributed by atoms with Crippen LogP contribution in [0.15, 0.2) is 53.4 Å². The van der Waals surface area contributed by atoms with Crippen molar-refractivity contribution in [3.63, 3.8) is 0 Å². The minimum atomic E-state index is 0.00100. The van der Waals surface area contributed by atoms with E-state index in [1.807, 2.05) is 24.3 Å². The van der Waals surface area contributed by atoms with Crippen molar-refractivity contribution in [2.24, 2.45) is 0 Å². The molecular weight excluding hydrogens is 343 g/mol. The van der Waals surface area contributed by atoms with Gasteiger partial charge in [-0.1, -0.05) is 59.6 Å². The Morgan fingerprint density at radius 2 is 1.86 bits per heavy atom. The minimum absolute atomic E-state index is 0.00100. The molecule has 0 atom stereocenters. The van der Waals surface area contributed by atoms with E-state index in [1.54, 1.807) is 6.07 Å². The summed E-state index contributed by atoms with van der Waals surface area (Å²) < 4.78 is 1.00. The molecule has 21 heavy (non-hydrogen) atoms. The van der Waals surface area contributed by atoms with Gasteiger partial charge in [0.1, 0.15) is 4.34 Å². The van der Waals surface area contributed by atoms with Crippen molar-refractivity contribution in [3.05, 3.63) is 62.8 Å². The number of hydrogen-bond acceptors (Lipinski definition) is 3. The zero-order chi connectivity index (χ0) is 14.8. The van der Waals surface area contributed by atoms with Crippen LogP contribution in [-0.4, -0.2) is 11.5 Å². The summed E-state index contributed by atoms with van der Waals surface area (Å²) in [6.07, 6.45) is 0. The molecule has 106 valence electrons. The summed E-state index contributed by atoms with van der Waals surface area (Å²) in [6, 6.07) is 15.9. The molecule has 0 saturated heterocycles. The summed E-state index contributed by atoms with van der Waals surface area (Å²) in [5, 5.41) is 2.33. The lowest BCUT2D eigenvalue weighted by Gasteiger charge is -2.05. The lowest BCUT2D eigenvalue weighted by Crippen LogP contribution is -2.01. The summed E-state index contributed by atoms with van der Waals surface area (Å²) >= 11 is 14.6. The van der Waals surface area contributed by atoms with Gasteiger partial charge in [0, 0.05) is 10.5 Å². The van der Waals surface area contributed by atoms with Gasteiger partial charge in [-0.05, 0) is 22.9 Å². The lowest BCUT2D eigenvalue weighted by atomic mass is 10.1. The fourth-order valence-electron chi connectivity index (χ4n) is 2.07. The smallest absolute Gasteiger partial charge is 0.175 e. The number of thiophene rings is 1. The Kier molecular flexibility index (Phi) is 4.55. The quantitative estimate of drug-likeness (QED) is 0.411. The van der Waals surface area contributed by atoms with Crippen molar-refractivity contribution in [3.8, 4) is 0 Å². The second-order valence-corrected chi connectivity index (χ2v) is 7.73. The van der Waals surface area contributed by atoms with Crippen LogP contribution in [0.25, 0.3) is 10.8 Å². The van der Waals surface area contributed by atoms with Crippen LogP contribution < -0.4 is 0 Å². The van der Waals surface area contributed by atoms with Crippen LogP contribution in [0.2, 0.25) is 8.67 Å². The molecule has 0 aliphatic carbocycles. The fourth-order valence-corrected chi connectivity index (χ4v) is 4.53. The molecule has 0 bridgehead atoms. The number of thioether (sulfide) groups is 1. The van der Waals surface area contributed by atoms with E-state index in [4.69, 9.17) is 23.2 Å². The van der Waals surface area contributed by atoms with Gasteiger partial charge >= 0.3 is 0 Å². The van der Waals surface area contributed by atoms with E-state index in [1.165, 1.54) is 28.5 Å². The first kappa shape index (κ1) is 14.9. The average Bonchev–Trinajstić information content (AvgIpc) is 2.83. The van der Waals surface area contributed by atoms with Crippen molar-refractivity contribution in [1.29, 1.82) is 0 Å². The second-order valence-electron chi connectivity index (χ2n) is 4.43. The number of fused-ring (bicyclic) bond motifs is 1. The third-order valence-corrected chi connectivity index (χ3v) is 5.63. The number of hydrogen-bond donors (Lipinski definition) is 0. The van der Waals surface area contributed by atoms with Crippen LogP contribution in [0.4, 0.5) is 0 Å². The first-order valence-corrected chi connectivity index (χ1v) is 8.79. The molecule has 2 aromatic carbocycles. The SMILES string of the molecule is O=C(CSc1cccc2ccccc12)c1cc(Cl)sc1Cl. The van der Waals surface area contributed by atoms with Crippen molar-refractivity contribution < 1.29 is 4.79 Å². The standard InChI is InChI=1S/C16H10Cl2OS2/c17-15-8-12(16(18)21-15)13(19)9-20-14-7-3-5-10-4-1-2-6-11(10)14/h1-8H,9H2. The van der Waals surface area contributed by atoms with Crippen molar-refractivity contribution >= 4 is 62.9 Å². The largest absolute Gasteiger partial charge is 0.293 e. The van der Waals surface area contributed by atoms with Crippen LogP contribution in [0.3, 0.4) is 0 Å². The van der Waals surface area contributed by atoms with E-state index in [-0.39, 0.29) is 5.78 Å². The highest BCUT2D eigenvalue weighted by Crippen LogP contribution is 2.33. The molecule has 1 aromatic heterocycles. The Bertz CT molecular complexity index is 806. The molecule has 0 N–H and O–H groups in total. The molecule has 0 fully saturated rings. The van der Waals surface area contributed by atoms with Gasteiger partial charge in [0.15, 0.2) is 5.78 Å². The Labute approximate surface area is 140 Å². The molecule has 3 aromatic rings. The van der Waals surface area contributed by atoms with E-state index in [2.05, 4.69) is 18.2 Å². The highest BCUT2D eigenvalue weighted by Gasteiger charge is 2.15. The highest BCUT2D eigenvalue weighted by atomic mass is 35.5. The van der Waals surface area contributed by atoms with Crippen LogP contribution in [0.1, 0.15) is 10.4 Å². The number of benzene rings is 2. The number of halogens is 2. The molecule has 0 saturated carbocycles. The maximum Gasteiger partial charge on any atom is 0.175 e. The van der Waals surface area contributed by atoms with Crippen LogP contribution in [-0.2, 0) is 0 Å². The molecule has 0 unspecified atom stereocenters. The van der Waals surface area contributed by atoms with E-state index < -0.39 is 0 Å². The normalized spacial score (nSPS) is 11.0. The van der Waals surface area contributed by atoms with Crippen molar-refractivity contribution in [2.75, 3.05) is 5.75 Å². The molecule has 0 spiro atoms. The van der Waals surface area contributed by atoms with Gasteiger partial charge in [-0.3, -0.25) is 4.79 Å².